The lowest BCUT2D eigenvalue weighted by Crippen LogP contribution is -2.12. The average Bonchev–Trinajstić information content (AvgIpc) is 2.98. The van der Waals surface area contributed by atoms with E-state index in [1.165, 1.54) is 90.0 Å². The minimum Gasteiger partial charge on any atom is -0.396 e. The van der Waals surface area contributed by atoms with Crippen LogP contribution in [0.2, 0.25) is 0 Å². The van der Waals surface area contributed by atoms with Crippen LogP contribution in [-0.2, 0) is 10.7 Å². The van der Waals surface area contributed by atoms with E-state index in [-0.39, 0.29) is 0 Å². The predicted octanol–water partition coefficient (Wildman–Crippen LogP) is 11.8. The minimum atomic E-state index is -3.10. The zero-order valence-electron chi connectivity index (χ0n) is 29.2. The molecule has 0 amide bonds. The number of carbonyl (C=O) groups excluding carboxylic acids is 1. The van der Waals surface area contributed by atoms with E-state index >= 15 is 0 Å². The summed E-state index contributed by atoms with van der Waals surface area (Å²) < 4.78 is 57.6. The number of halogens is 5. The van der Waals surface area contributed by atoms with Gasteiger partial charge in [-0.05, 0) is 43.6 Å². The SMILES string of the molecule is C=O.CC1CCCCC1.CCC.CCCCCCCC.CCNCC.CF.CF.Cc1cc(F)c(N)c(C(C)(F)F)c1. The van der Waals surface area contributed by atoms with E-state index in [0.717, 1.165) is 25.1 Å². The molecule has 0 radical (unpaired) electrons. The number of unbranched alkanes of at least 4 members (excludes halogenated alkanes) is 5. The van der Waals surface area contributed by atoms with E-state index in [9.17, 15) is 22.0 Å². The van der Waals surface area contributed by atoms with E-state index in [4.69, 9.17) is 10.5 Å². The molecular weight excluding hydrogens is 547 g/mol. The van der Waals surface area contributed by atoms with Crippen LogP contribution in [0.1, 0.15) is 144 Å². The van der Waals surface area contributed by atoms with Crippen molar-refractivity contribution in [3.63, 3.8) is 0 Å². The van der Waals surface area contributed by atoms with Crippen molar-refractivity contribution in [3.8, 4) is 0 Å². The van der Waals surface area contributed by atoms with Crippen LogP contribution in [0.3, 0.4) is 0 Å². The van der Waals surface area contributed by atoms with E-state index < -0.39 is 23.0 Å². The van der Waals surface area contributed by atoms with Gasteiger partial charge in [0, 0.05) is 12.5 Å². The summed E-state index contributed by atoms with van der Waals surface area (Å²) >= 11 is 0. The summed E-state index contributed by atoms with van der Waals surface area (Å²) in [6, 6.07) is 2.32. The maximum absolute atomic E-state index is 12.9. The van der Waals surface area contributed by atoms with Crippen molar-refractivity contribution >= 4 is 12.5 Å². The van der Waals surface area contributed by atoms with Gasteiger partial charge >= 0.3 is 0 Å². The van der Waals surface area contributed by atoms with E-state index in [1.807, 2.05) is 6.79 Å². The van der Waals surface area contributed by atoms with Gasteiger partial charge in [-0.2, -0.15) is 0 Å². The summed E-state index contributed by atoms with van der Waals surface area (Å²) in [7, 11) is 1.00. The third-order valence-electron chi connectivity index (χ3n) is 5.60. The topological polar surface area (TPSA) is 55.1 Å². The Balaban J connectivity index is -0.0000000980. The van der Waals surface area contributed by atoms with Gasteiger partial charge in [0.05, 0.1) is 20.0 Å². The van der Waals surface area contributed by atoms with Crippen LogP contribution in [0.25, 0.3) is 0 Å². The van der Waals surface area contributed by atoms with Gasteiger partial charge < -0.3 is 15.8 Å². The number of hydrogen-bond acceptors (Lipinski definition) is 3. The monoisotopic (exact) mass is 617 g/mol. The number of rotatable bonds is 8. The Labute approximate surface area is 258 Å². The summed E-state index contributed by atoms with van der Waals surface area (Å²) in [4.78, 5) is 8.00. The molecule has 0 aliphatic heterocycles. The second-order valence-corrected chi connectivity index (χ2v) is 9.92. The molecule has 0 saturated heterocycles. The fourth-order valence-corrected chi connectivity index (χ4v) is 3.53. The first-order chi connectivity index (χ1) is 20.0. The summed E-state index contributed by atoms with van der Waals surface area (Å²) in [5.74, 6) is -2.86. The molecule has 1 aromatic rings. The first kappa shape index (κ1) is 52.9. The fraction of sp³-hybridized carbons (Fsp3) is 0.794. The molecule has 1 aliphatic rings. The standard InChI is InChI=1S/C9H10F3N.C8H18.C7H14.C4H11N.C3H8.2CH3F.CH2O/c1-5-3-6(9(2,11)12)8(13)7(10)4-5;1-3-5-7-8-6-4-2;1-7-5-3-2-4-6-7;1-3-5-4-2;1-3-2;3*1-2/h3-4H,13H2,1-2H3;3-8H2,1-2H3;7H,2-6H2,1H3;5H,3-4H2,1-2H3;3H2,1-2H3;2*1H3;1H2. The number of benzene rings is 1. The van der Waals surface area contributed by atoms with Crippen molar-refractivity contribution < 1.29 is 26.7 Å². The Bertz CT molecular complexity index is 600. The van der Waals surface area contributed by atoms with Gasteiger partial charge in [-0.1, -0.05) is 126 Å². The lowest BCUT2D eigenvalue weighted by molar-refractivity contribution is -0.0980. The van der Waals surface area contributed by atoms with Crippen molar-refractivity contribution in [2.75, 3.05) is 33.2 Å². The number of hydrogen-bond donors (Lipinski definition) is 2. The van der Waals surface area contributed by atoms with Gasteiger partial charge in [-0.3, -0.25) is 8.78 Å². The van der Waals surface area contributed by atoms with Crippen molar-refractivity contribution in [1.82, 2.24) is 5.32 Å². The molecule has 1 aromatic carbocycles. The van der Waals surface area contributed by atoms with E-state index in [1.54, 1.807) is 0 Å². The van der Waals surface area contributed by atoms with Crippen LogP contribution in [0, 0.1) is 18.7 Å². The maximum Gasteiger partial charge on any atom is 0.272 e. The average molecular weight is 617 g/mol. The summed E-state index contributed by atoms with van der Waals surface area (Å²) in [5.41, 5.74) is 4.69. The summed E-state index contributed by atoms with van der Waals surface area (Å²) in [6.45, 7) is 21.7. The van der Waals surface area contributed by atoms with Gasteiger partial charge in [0.2, 0.25) is 0 Å². The van der Waals surface area contributed by atoms with Crippen molar-refractivity contribution in [2.24, 2.45) is 5.92 Å². The molecule has 0 heterocycles. The molecule has 0 unspecified atom stereocenters. The Morgan fingerprint density at radius 2 is 1.21 bits per heavy atom. The highest BCUT2D eigenvalue weighted by molar-refractivity contribution is 5.51. The van der Waals surface area contributed by atoms with Crippen molar-refractivity contribution in [1.29, 1.82) is 0 Å². The zero-order chi connectivity index (χ0) is 34.4. The third kappa shape index (κ3) is 42.8. The third-order valence-corrected chi connectivity index (χ3v) is 5.60. The molecule has 256 valence electrons. The van der Waals surface area contributed by atoms with Gasteiger partial charge in [-0.15, -0.1) is 0 Å². The molecule has 0 bridgehead atoms. The van der Waals surface area contributed by atoms with Crippen LogP contribution in [-0.4, -0.2) is 34.2 Å². The lowest BCUT2D eigenvalue weighted by Gasteiger charge is -2.15. The van der Waals surface area contributed by atoms with Crippen LogP contribution in [0.5, 0.6) is 0 Å². The Morgan fingerprint density at radius 1 is 0.833 bits per heavy atom. The number of carbonyl (C=O) groups is 1. The largest absolute Gasteiger partial charge is 0.396 e. The van der Waals surface area contributed by atoms with Crippen molar-refractivity contribution in [3.05, 3.63) is 29.1 Å². The molecular formula is C34H69F5N2O. The molecule has 2 rings (SSSR count). The van der Waals surface area contributed by atoms with Crippen LogP contribution >= 0.6 is 0 Å². The molecule has 0 spiro atoms. The Kier molecular flexibility index (Phi) is 55.1. The smallest absolute Gasteiger partial charge is 0.272 e. The first-order valence-electron chi connectivity index (χ1n) is 15.6. The molecule has 42 heavy (non-hydrogen) atoms. The van der Waals surface area contributed by atoms with Gasteiger partial charge in [0.15, 0.2) is 0 Å². The van der Waals surface area contributed by atoms with Crippen LogP contribution in [0.15, 0.2) is 12.1 Å². The number of anilines is 1. The zero-order valence-corrected chi connectivity index (χ0v) is 29.2. The lowest BCUT2D eigenvalue weighted by atomic mass is 9.91. The van der Waals surface area contributed by atoms with Gasteiger partial charge in [0.25, 0.3) is 5.92 Å². The number of nitrogens with two attached hydrogens (primary N) is 1. The van der Waals surface area contributed by atoms with E-state index in [0.29, 0.717) is 26.8 Å². The number of aryl methyl sites for hydroxylation is 1. The molecule has 0 aromatic heterocycles. The molecule has 3 N–H and O–H groups in total. The normalized spacial score (nSPS) is 11.5. The number of nitrogens with one attached hydrogen (secondary N) is 1. The van der Waals surface area contributed by atoms with E-state index in [2.05, 4.69) is 53.8 Å². The van der Waals surface area contributed by atoms with Crippen LogP contribution in [0.4, 0.5) is 27.6 Å². The molecule has 3 nitrogen and oxygen atoms in total. The highest BCUT2D eigenvalue weighted by Crippen LogP contribution is 2.33. The van der Waals surface area contributed by atoms with Crippen LogP contribution < -0.4 is 11.1 Å². The first-order valence-corrected chi connectivity index (χ1v) is 15.6. The molecule has 1 aliphatic carbocycles. The summed E-state index contributed by atoms with van der Waals surface area (Å²) in [5, 5.41) is 3.11. The van der Waals surface area contributed by atoms with Gasteiger partial charge in [0.1, 0.15) is 12.6 Å². The predicted molar refractivity (Wildman–Crippen MR) is 178 cm³/mol. The quantitative estimate of drug-likeness (QED) is 0.174. The summed E-state index contributed by atoms with van der Waals surface area (Å²) in [6.07, 6.45) is 17.2. The fourth-order valence-electron chi connectivity index (χ4n) is 3.53. The Hall–Kier alpha value is -1.70. The Morgan fingerprint density at radius 3 is 1.45 bits per heavy atom. The van der Waals surface area contributed by atoms with Crippen molar-refractivity contribution in [2.45, 2.75) is 145 Å². The second kappa shape index (κ2) is 43.7. The molecule has 0 atom stereocenters. The second-order valence-electron chi connectivity index (χ2n) is 9.92. The number of alkyl halides is 4. The molecule has 1 fully saturated rings. The molecule has 1 saturated carbocycles. The number of nitrogen functional groups attached to an aromatic ring is 1. The maximum atomic E-state index is 12.9. The highest BCUT2D eigenvalue weighted by atomic mass is 19.3. The minimum absolute atomic E-state index is 0.434. The van der Waals surface area contributed by atoms with Gasteiger partial charge in [-0.25, -0.2) is 13.2 Å². The highest BCUT2D eigenvalue weighted by Gasteiger charge is 2.28. The molecule has 8 heteroatoms.